The van der Waals surface area contributed by atoms with E-state index < -0.39 is 18.0 Å². The molecular formula is C12H14O5. The van der Waals surface area contributed by atoms with Crippen molar-refractivity contribution in [1.82, 2.24) is 0 Å². The van der Waals surface area contributed by atoms with E-state index in [1.165, 1.54) is 21.1 Å². The molecule has 0 aliphatic rings. The molecule has 0 heterocycles. The van der Waals surface area contributed by atoms with Crippen molar-refractivity contribution in [2.75, 3.05) is 14.2 Å². The van der Waals surface area contributed by atoms with Gasteiger partial charge in [0.2, 0.25) is 6.10 Å². The molecule has 0 spiro atoms. The number of esters is 2. The molecule has 0 bridgehead atoms. The number of ether oxygens (including phenoxy) is 3. The zero-order chi connectivity index (χ0) is 12.8. The minimum Gasteiger partial charge on any atom is -0.497 e. The lowest BCUT2D eigenvalue weighted by Gasteiger charge is -2.15. The molecule has 1 aromatic carbocycles. The lowest BCUT2D eigenvalue weighted by atomic mass is 10.1. The van der Waals surface area contributed by atoms with Crippen molar-refractivity contribution in [3.05, 3.63) is 29.8 Å². The van der Waals surface area contributed by atoms with Crippen LogP contribution in [-0.4, -0.2) is 26.2 Å². The van der Waals surface area contributed by atoms with Crippen molar-refractivity contribution in [3.8, 4) is 5.75 Å². The van der Waals surface area contributed by atoms with E-state index in [4.69, 9.17) is 9.47 Å². The van der Waals surface area contributed by atoms with Gasteiger partial charge in [0.15, 0.2) is 0 Å². The zero-order valence-electron chi connectivity index (χ0n) is 9.93. The third-order valence-electron chi connectivity index (χ3n) is 2.10. The Labute approximate surface area is 99.3 Å². The van der Waals surface area contributed by atoms with Gasteiger partial charge in [0.25, 0.3) is 0 Å². The average molecular weight is 238 g/mol. The highest BCUT2D eigenvalue weighted by Crippen LogP contribution is 2.23. The first-order valence-corrected chi connectivity index (χ1v) is 4.97. The summed E-state index contributed by atoms with van der Waals surface area (Å²) in [6.07, 6.45) is -1.06. The third kappa shape index (κ3) is 3.48. The molecule has 0 aliphatic carbocycles. The summed E-state index contributed by atoms with van der Waals surface area (Å²) in [5.74, 6) is -0.611. The Morgan fingerprint density at radius 1 is 1.24 bits per heavy atom. The maximum absolute atomic E-state index is 11.5. The van der Waals surface area contributed by atoms with Gasteiger partial charge < -0.3 is 14.2 Å². The van der Waals surface area contributed by atoms with E-state index in [0.717, 1.165) is 0 Å². The minimum absolute atomic E-state index is 0.506. The smallest absolute Gasteiger partial charge is 0.351 e. The van der Waals surface area contributed by atoms with E-state index in [1.54, 1.807) is 24.3 Å². The Bertz CT molecular complexity index is 413. The number of hydrogen-bond donors (Lipinski definition) is 0. The number of benzene rings is 1. The fourth-order valence-corrected chi connectivity index (χ4v) is 1.33. The van der Waals surface area contributed by atoms with Crippen LogP contribution in [0.5, 0.6) is 5.75 Å². The summed E-state index contributed by atoms with van der Waals surface area (Å²) in [4.78, 5) is 22.4. The first kappa shape index (κ1) is 13.0. The van der Waals surface area contributed by atoms with Gasteiger partial charge in [0.05, 0.1) is 14.2 Å². The maximum atomic E-state index is 11.5. The Balaban J connectivity index is 3.02. The summed E-state index contributed by atoms with van der Waals surface area (Å²) in [6.45, 7) is 1.23. The molecule has 0 amide bonds. The standard InChI is InChI=1S/C12H14O5/c1-8(13)17-11(12(14)16-3)9-5-4-6-10(7-9)15-2/h4-7,11H,1-3H3. The maximum Gasteiger partial charge on any atom is 0.351 e. The van der Waals surface area contributed by atoms with Crippen LogP contribution in [0.4, 0.5) is 0 Å². The van der Waals surface area contributed by atoms with Crippen LogP contribution in [0.2, 0.25) is 0 Å². The molecule has 1 aromatic rings. The fourth-order valence-electron chi connectivity index (χ4n) is 1.33. The van der Waals surface area contributed by atoms with Crippen LogP contribution in [0.3, 0.4) is 0 Å². The van der Waals surface area contributed by atoms with Crippen LogP contribution in [0.15, 0.2) is 24.3 Å². The van der Waals surface area contributed by atoms with Gasteiger partial charge in [-0.25, -0.2) is 4.79 Å². The summed E-state index contributed by atoms with van der Waals surface area (Å²) in [5.41, 5.74) is 0.506. The van der Waals surface area contributed by atoms with Crippen LogP contribution in [0, 0.1) is 0 Å². The Morgan fingerprint density at radius 3 is 2.47 bits per heavy atom. The molecule has 0 fully saturated rings. The predicted octanol–water partition coefficient (Wildman–Crippen LogP) is 1.47. The first-order valence-electron chi connectivity index (χ1n) is 4.97. The monoisotopic (exact) mass is 238 g/mol. The summed E-state index contributed by atoms with van der Waals surface area (Å²) in [6, 6.07) is 6.71. The fraction of sp³-hybridized carbons (Fsp3) is 0.333. The zero-order valence-corrected chi connectivity index (χ0v) is 9.93. The number of carbonyl (C=O) groups excluding carboxylic acids is 2. The summed E-state index contributed by atoms with van der Waals surface area (Å²) < 4.78 is 14.5. The molecular weight excluding hydrogens is 224 g/mol. The molecule has 0 aromatic heterocycles. The summed E-state index contributed by atoms with van der Waals surface area (Å²) in [7, 11) is 2.75. The van der Waals surface area contributed by atoms with Crippen molar-refractivity contribution in [3.63, 3.8) is 0 Å². The molecule has 5 nitrogen and oxygen atoms in total. The van der Waals surface area contributed by atoms with Gasteiger partial charge in [-0.2, -0.15) is 0 Å². The van der Waals surface area contributed by atoms with E-state index in [1.807, 2.05) is 0 Å². The van der Waals surface area contributed by atoms with Crippen molar-refractivity contribution in [2.24, 2.45) is 0 Å². The summed E-state index contributed by atoms with van der Waals surface area (Å²) >= 11 is 0. The molecule has 0 radical (unpaired) electrons. The first-order chi connectivity index (χ1) is 8.08. The van der Waals surface area contributed by atoms with E-state index >= 15 is 0 Å². The quantitative estimate of drug-likeness (QED) is 0.743. The molecule has 0 aliphatic heterocycles. The van der Waals surface area contributed by atoms with Crippen molar-refractivity contribution >= 4 is 11.9 Å². The number of rotatable bonds is 4. The van der Waals surface area contributed by atoms with E-state index in [9.17, 15) is 9.59 Å². The lowest BCUT2D eigenvalue weighted by Crippen LogP contribution is -2.19. The van der Waals surface area contributed by atoms with Crippen LogP contribution in [-0.2, 0) is 19.1 Å². The van der Waals surface area contributed by atoms with Crippen molar-refractivity contribution < 1.29 is 23.8 Å². The Kier molecular flexibility index (Phi) is 4.51. The van der Waals surface area contributed by atoms with Gasteiger partial charge >= 0.3 is 11.9 Å². The number of hydrogen-bond acceptors (Lipinski definition) is 5. The molecule has 1 atom stereocenters. The molecule has 1 unspecified atom stereocenters. The second-order valence-electron chi connectivity index (χ2n) is 3.29. The largest absolute Gasteiger partial charge is 0.497 e. The van der Waals surface area contributed by atoms with Gasteiger partial charge in [-0.3, -0.25) is 4.79 Å². The molecule has 0 saturated carbocycles. The topological polar surface area (TPSA) is 61.8 Å². The normalized spacial score (nSPS) is 11.5. The van der Waals surface area contributed by atoms with Crippen LogP contribution >= 0.6 is 0 Å². The molecule has 17 heavy (non-hydrogen) atoms. The average Bonchev–Trinajstić information content (AvgIpc) is 2.35. The second-order valence-corrected chi connectivity index (χ2v) is 3.29. The highest BCUT2D eigenvalue weighted by molar-refractivity contribution is 5.80. The number of carbonyl (C=O) groups is 2. The summed E-state index contributed by atoms with van der Waals surface area (Å²) in [5, 5.41) is 0. The molecule has 0 saturated heterocycles. The highest BCUT2D eigenvalue weighted by Gasteiger charge is 2.24. The van der Waals surface area contributed by atoms with Crippen LogP contribution in [0.1, 0.15) is 18.6 Å². The van der Waals surface area contributed by atoms with Gasteiger partial charge in [-0.15, -0.1) is 0 Å². The van der Waals surface area contributed by atoms with Crippen molar-refractivity contribution in [1.29, 1.82) is 0 Å². The van der Waals surface area contributed by atoms with E-state index in [0.29, 0.717) is 11.3 Å². The van der Waals surface area contributed by atoms with Crippen LogP contribution in [0.25, 0.3) is 0 Å². The molecule has 92 valence electrons. The Morgan fingerprint density at radius 2 is 1.94 bits per heavy atom. The molecule has 5 heteroatoms. The lowest BCUT2D eigenvalue weighted by molar-refractivity contribution is -0.165. The van der Waals surface area contributed by atoms with Gasteiger partial charge in [-0.1, -0.05) is 12.1 Å². The van der Waals surface area contributed by atoms with Crippen molar-refractivity contribution in [2.45, 2.75) is 13.0 Å². The van der Waals surface area contributed by atoms with E-state index in [2.05, 4.69) is 4.74 Å². The number of methoxy groups -OCH3 is 2. The highest BCUT2D eigenvalue weighted by atomic mass is 16.6. The van der Waals surface area contributed by atoms with Crippen LogP contribution < -0.4 is 4.74 Å². The van der Waals surface area contributed by atoms with Gasteiger partial charge in [0.1, 0.15) is 5.75 Å². The minimum atomic E-state index is -1.06. The molecule has 1 rings (SSSR count). The predicted molar refractivity (Wildman–Crippen MR) is 59.5 cm³/mol. The van der Waals surface area contributed by atoms with Gasteiger partial charge in [0, 0.05) is 12.5 Å². The van der Waals surface area contributed by atoms with Gasteiger partial charge in [-0.05, 0) is 12.1 Å². The SMILES string of the molecule is COC(=O)C(OC(C)=O)c1cccc(OC)c1. The Hall–Kier alpha value is -2.04. The van der Waals surface area contributed by atoms with E-state index in [-0.39, 0.29) is 0 Å². The third-order valence-corrected chi connectivity index (χ3v) is 2.10. The molecule has 0 N–H and O–H groups in total. The second kappa shape index (κ2) is 5.89.